The highest BCUT2D eigenvalue weighted by Gasteiger charge is 2.02. The number of nitrogen functional groups attached to an aromatic ring is 1. The van der Waals surface area contributed by atoms with E-state index in [1.807, 2.05) is 11.8 Å². The van der Waals surface area contributed by atoms with Crippen LogP contribution in [-0.2, 0) is 0 Å². The first-order valence-electron chi connectivity index (χ1n) is 5.75. The monoisotopic (exact) mass is 274 g/mol. The van der Waals surface area contributed by atoms with Gasteiger partial charge in [0.15, 0.2) is 0 Å². The highest BCUT2D eigenvalue weighted by Crippen LogP contribution is 2.18. The predicted molar refractivity (Wildman–Crippen MR) is 76.8 cm³/mol. The lowest BCUT2D eigenvalue weighted by Gasteiger charge is -2.07. The Kier molecular flexibility index (Phi) is 7.12. The Bertz CT molecular complexity index is 335. The standard InChI is InChI=1S/C11H19ClN4S/c1-17-7-5-3-2-4-6-14-10-9(12)8-15-11(13)16-10/h8H,2-7H2,1H3,(H3,13,14,15,16). The van der Waals surface area contributed by atoms with E-state index in [1.54, 1.807) is 0 Å². The summed E-state index contributed by atoms with van der Waals surface area (Å²) in [6.45, 7) is 0.870. The van der Waals surface area contributed by atoms with Gasteiger partial charge in [-0.25, -0.2) is 4.98 Å². The van der Waals surface area contributed by atoms with Crippen molar-refractivity contribution in [3.63, 3.8) is 0 Å². The van der Waals surface area contributed by atoms with E-state index < -0.39 is 0 Å². The van der Waals surface area contributed by atoms with E-state index in [0.717, 1.165) is 13.0 Å². The van der Waals surface area contributed by atoms with E-state index >= 15 is 0 Å². The van der Waals surface area contributed by atoms with Crippen LogP contribution in [0.4, 0.5) is 11.8 Å². The van der Waals surface area contributed by atoms with Crippen LogP contribution in [-0.4, -0.2) is 28.5 Å². The molecule has 0 fully saturated rings. The Morgan fingerprint density at radius 2 is 2.12 bits per heavy atom. The van der Waals surface area contributed by atoms with Crippen molar-refractivity contribution in [3.8, 4) is 0 Å². The Labute approximate surface area is 112 Å². The van der Waals surface area contributed by atoms with Crippen LogP contribution in [0.1, 0.15) is 25.7 Å². The van der Waals surface area contributed by atoms with Crippen molar-refractivity contribution in [2.24, 2.45) is 0 Å². The Hall–Kier alpha value is -0.680. The molecule has 1 aromatic rings. The number of nitrogens with zero attached hydrogens (tertiary/aromatic N) is 2. The minimum atomic E-state index is 0.247. The minimum Gasteiger partial charge on any atom is -0.369 e. The van der Waals surface area contributed by atoms with E-state index in [4.69, 9.17) is 17.3 Å². The molecule has 0 amide bonds. The van der Waals surface area contributed by atoms with Crippen LogP contribution in [0.25, 0.3) is 0 Å². The van der Waals surface area contributed by atoms with Crippen molar-refractivity contribution in [1.82, 2.24) is 9.97 Å². The number of hydrogen-bond acceptors (Lipinski definition) is 5. The highest BCUT2D eigenvalue weighted by molar-refractivity contribution is 7.98. The van der Waals surface area contributed by atoms with Crippen molar-refractivity contribution in [3.05, 3.63) is 11.2 Å². The number of nitrogens with two attached hydrogens (primary N) is 1. The number of rotatable bonds is 8. The second kappa shape index (κ2) is 8.42. The average Bonchev–Trinajstić information content (AvgIpc) is 2.32. The molecule has 0 spiro atoms. The van der Waals surface area contributed by atoms with Gasteiger partial charge in [-0.2, -0.15) is 16.7 Å². The largest absolute Gasteiger partial charge is 0.369 e. The van der Waals surface area contributed by atoms with Gasteiger partial charge in [0, 0.05) is 6.54 Å². The first-order valence-corrected chi connectivity index (χ1v) is 7.52. The molecule has 0 aliphatic carbocycles. The minimum absolute atomic E-state index is 0.247. The number of anilines is 2. The molecule has 6 heteroatoms. The van der Waals surface area contributed by atoms with Gasteiger partial charge in [-0.05, 0) is 24.9 Å². The van der Waals surface area contributed by atoms with Gasteiger partial charge in [0.05, 0.1) is 6.20 Å². The second-order valence-corrected chi connectivity index (χ2v) is 5.15. The summed E-state index contributed by atoms with van der Waals surface area (Å²) < 4.78 is 0. The highest BCUT2D eigenvalue weighted by atomic mass is 35.5. The fourth-order valence-corrected chi connectivity index (χ4v) is 2.09. The molecule has 0 atom stereocenters. The maximum atomic E-state index is 5.93. The normalized spacial score (nSPS) is 10.5. The van der Waals surface area contributed by atoms with Crippen molar-refractivity contribution >= 4 is 35.1 Å². The van der Waals surface area contributed by atoms with Crippen LogP contribution in [0.15, 0.2) is 6.20 Å². The van der Waals surface area contributed by atoms with E-state index in [0.29, 0.717) is 10.8 Å². The Balaban J connectivity index is 2.15. The molecule has 1 heterocycles. The summed E-state index contributed by atoms with van der Waals surface area (Å²) in [7, 11) is 0. The summed E-state index contributed by atoms with van der Waals surface area (Å²) in [6.07, 6.45) is 8.58. The van der Waals surface area contributed by atoms with Crippen LogP contribution in [0.5, 0.6) is 0 Å². The van der Waals surface area contributed by atoms with E-state index in [-0.39, 0.29) is 5.95 Å². The summed E-state index contributed by atoms with van der Waals surface area (Å²) in [5.41, 5.74) is 5.49. The average molecular weight is 275 g/mol. The van der Waals surface area contributed by atoms with E-state index in [2.05, 4.69) is 21.5 Å². The number of halogens is 1. The molecule has 1 rings (SSSR count). The summed E-state index contributed by atoms with van der Waals surface area (Å²) in [5.74, 6) is 2.13. The predicted octanol–water partition coefficient (Wildman–Crippen LogP) is 3.05. The molecule has 4 nitrogen and oxygen atoms in total. The molecule has 96 valence electrons. The molecule has 0 aromatic carbocycles. The van der Waals surface area contributed by atoms with Gasteiger partial charge >= 0.3 is 0 Å². The molecule has 17 heavy (non-hydrogen) atoms. The van der Waals surface area contributed by atoms with Crippen molar-refractivity contribution in [2.45, 2.75) is 25.7 Å². The van der Waals surface area contributed by atoms with Gasteiger partial charge in [0.25, 0.3) is 0 Å². The van der Waals surface area contributed by atoms with Crippen molar-refractivity contribution in [1.29, 1.82) is 0 Å². The molecule has 0 radical (unpaired) electrons. The molecule has 0 bridgehead atoms. The summed E-state index contributed by atoms with van der Waals surface area (Å²) in [6, 6.07) is 0. The van der Waals surface area contributed by atoms with Crippen LogP contribution >= 0.6 is 23.4 Å². The quantitative estimate of drug-likeness (QED) is 0.714. The number of hydrogen-bond donors (Lipinski definition) is 2. The molecule has 0 saturated carbocycles. The summed E-state index contributed by atoms with van der Waals surface area (Å²) >= 11 is 7.83. The van der Waals surface area contributed by atoms with Gasteiger partial charge in [-0.15, -0.1) is 0 Å². The van der Waals surface area contributed by atoms with Gasteiger partial charge in [0.1, 0.15) is 10.8 Å². The summed E-state index contributed by atoms with van der Waals surface area (Å²) in [5, 5.41) is 3.69. The third-order valence-electron chi connectivity index (χ3n) is 2.33. The smallest absolute Gasteiger partial charge is 0.222 e. The van der Waals surface area contributed by atoms with Gasteiger partial charge in [-0.1, -0.05) is 24.4 Å². The lowest BCUT2D eigenvalue weighted by Crippen LogP contribution is -2.06. The SMILES string of the molecule is CSCCCCCCNc1nc(N)ncc1Cl. The lowest BCUT2D eigenvalue weighted by atomic mass is 10.2. The molecule has 0 saturated heterocycles. The number of aromatic nitrogens is 2. The first kappa shape index (κ1) is 14.4. The number of thioether (sulfide) groups is 1. The first-order chi connectivity index (χ1) is 8.24. The van der Waals surface area contributed by atoms with Crippen LogP contribution in [0, 0.1) is 0 Å². The third-order valence-corrected chi connectivity index (χ3v) is 3.30. The fraction of sp³-hybridized carbons (Fsp3) is 0.636. The Morgan fingerprint density at radius 1 is 1.35 bits per heavy atom. The number of unbranched alkanes of at least 4 members (excludes halogenated alkanes) is 3. The fourth-order valence-electron chi connectivity index (χ4n) is 1.44. The lowest BCUT2D eigenvalue weighted by molar-refractivity contribution is 0.688. The number of nitrogens with one attached hydrogen (secondary N) is 1. The van der Waals surface area contributed by atoms with Gasteiger partial charge in [-0.3, -0.25) is 0 Å². The zero-order valence-electron chi connectivity index (χ0n) is 10.1. The van der Waals surface area contributed by atoms with Crippen molar-refractivity contribution < 1.29 is 0 Å². The van der Waals surface area contributed by atoms with Gasteiger partial charge < -0.3 is 11.1 Å². The van der Waals surface area contributed by atoms with Gasteiger partial charge in [0.2, 0.25) is 5.95 Å². The van der Waals surface area contributed by atoms with Crippen LogP contribution in [0.3, 0.4) is 0 Å². The summed E-state index contributed by atoms with van der Waals surface area (Å²) in [4.78, 5) is 7.85. The molecule has 0 unspecified atom stereocenters. The molecular weight excluding hydrogens is 256 g/mol. The molecule has 3 N–H and O–H groups in total. The van der Waals surface area contributed by atoms with Crippen LogP contribution in [0.2, 0.25) is 5.02 Å². The Morgan fingerprint density at radius 3 is 2.88 bits per heavy atom. The van der Waals surface area contributed by atoms with Crippen LogP contribution < -0.4 is 11.1 Å². The molecule has 0 aliphatic heterocycles. The van der Waals surface area contributed by atoms with E-state index in [9.17, 15) is 0 Å². The van der Waals surface area contributed by atoms with E-state index in [1.165, 1.54) is 31.2 Å². The maximum Gasteiger partial charge on any atom is 0.222 e. The second-order valence-electron chi connectivity index (χ2n) is 3.76. The molecule has 0 aliphatic rings. The maximum absolute atomic E-state index is 5.93. The molecular formula is C11H19ClN4S. The zero-order valence-corrected chi connectivity index (χ0v) is 11.7. The molecule has 1 aromatic heterocycles. The topological polar surface area (TPSA) is 63.8 Å². The third kappa shape index (κ3) is 5.98. The van der Waals surface area contributed by atoms with Crippen molar-refractivity contribution in [2.75, 3.05) is 29.6 Å². The zero-order chi connectivity index (χ0) is 12.5.